The van der Waals surface area contributed by atoms with Crippen molar-refractivity contribution in [1.82, 2.24) is 0 Å². The van der Waals surface area contributed by atoms with E-state index >= 15 is 0 Å². The smallest absolute Gasteiger partial charge is 0.325 e. The zero-order valence-electron chi connectivity index (χ0n) is 18.9. The summed E-state index contributed by atoms with van der Waals surface area (Å²) in [7, 11) is -2.77. The zero-order valence-corrected chi connectivity index (χ0v) is 20.5. The third-order valence-electron chi connectivity index (χ3n) is 5.27. The number of ether oxygens (including phenoxy) is 1. The van der Waals surface area contributed by atoms with Crippen LogP contribution in [-0.2, 0) is 29.9 Å². The molecule has 0 unspecified atom stereocenters. The molecule has 186 valence electrons. The Labute approximate surface area is 210 Å². The molecule has 11 heteroatoms. The van der Waals surface area contributed by atoms with Gasteiger partial charge in [0.2, 0.25) is 0 Å². The average Bonchev–Trinajstić information content (AvgIpc) is 2.86. The molecule has 1 heterocycles. The molecular formula is C25H20F2N2O5S2. The van der Waals surface area contributed by atoms with E-state index in [0.717, 1.165) is 23.8 Å². The highest BCUT2D eigenvalue weighted by molar-refractivity contribution is 8.04. The summed E-state index contributed by atoms with van der Waals surface area (Å²) < 4.78 is 58.1. The number of esters is 1. The lowest BCUT2D eigenvalue weighted by Crippen LogP contribution is -2.18. The van der Waals surface area contributed by atoms with E-state index in [0.29, 0.717) is 21.2 Å². The van der Waals surface area contributed by atoms with Crippen LogP contribution in [-0.4, -0.2) is 33.9 Å². The van der Waals surface area contributed by atoms with E-state index in [2.05, 4.69) is 15.4 Å². The van der Waals surface area contributed by atoms with Crippen LogP contribution in [0.15, 0.2) is 75.4 Å². The van der Waals surface area contributed by atoms with E-state index in [1.54, 1.807) is 30.3 Å². The van der Waals surface area contributed by atoms with Crippen LogP contribution in [0.4, 0.5) is 20.2 Å². The summed E-state index contributed by atoms with van der Waals surface area (Å²) in [6.45, 7) is 0.0267. The van der Waals surface area contributed by atoms with Crippen molar-refractivity contribution in [2.24, 2.45) is 0 Å². The van der Waals surface area contributed by atoms with Crippen molar-refractivity contribution in [2.45, 2.75) is 15.5 Å². The molecule has 0 atom stereocenters. The van der Waals surface area contributed by atoms with Crippen LogP contribution in [0, 0.1) is 11.6 Å². The number of carbonyl (C=O) groups excluding carboxylic acids is 2. The molecule has 0 aliphatic carbocycles. The summed E-state index contributed by atoms with van der Waals surface area (Å²) in [5.41, 5.74) is 1.20. The number of sulfone groups is 1. The molecule has 0 spiro atoms. The summed E-state index contributed by atoms with van der Waals surface area (Å²) in [6.07, 6.45) is 1.68. The Hall–Kier alpha value is -3.70. The Balaban J connectivity index is 1.51. The molecule has 2 N–H and O–H groups in total. The number of halogens is 2. The molecule has 4 rings (SSSR count). The normalized spacial score (nSPS) is 14.2. The topological polar surface area (TPSA) is 102 Å². The fraction of sp³-hybridized carbons (Fsp3) is 0.120. The van der Waals surface area contributed by atoms with Gasteiger partial charge in [0.05, 0.1) is 28.4 Å². The molecule has 1 aliphatic rings. The third-order valence-corrected chi connectivity index (χ3v) is 8.01. The minimum Gasteiger partial charge on any atom is -0.468 e. The van der Waals surface area contributed by atoms with Crippen molar-refractivity contribution in [3.05, 3.63) is 88.3 Å². The van der Waals surface area contributed by atoms with Crippen molar-refractivity contribution in [2.75, 3.05) is 24.3 Å². The van der Waals surface area contributed by atoms with Gasteiger partial charge in [0.1, 0.15) is 18.2 Å². The van der Waals surface area contributed by atoms with Crippen molar-refractivity contribution >= 4 is 50.9 Å². The number of carbonyl (C=O) groups is 2. The maximum Gasteiger partial charge on any atom is 0.325 e. The number of anilines is 2. The Kier molecular flexibility index (Phi) is 7.41. The van der Waals surface area contributed by atoms with Crippen LogP contribution in [0.5, 0.6) is 0 Å². The molecule has 1 aliphatic heterocycles. The summed E-state index contributed by atoms with van der Waals surface area (Å²) >= 11 is 1.17. The zero-order chi connectivity index (χ0) is 25.9. The molecule has 3 aromatic rings. The van der Waals surface area contributed by atoms with Crippen LogP contribution in [0.2, 0.25) is 0 Å². The number of nitrogens with one attached hydrogen (secondary N) is 2. The Bertz CT molecular complexity index is 1450. The van der Waals surface area contributed by atoms with Gasteiger partial charge in [-0.15, -0.1) is 0 Å². The maximum absolute atomic E-state index is 14.0. The van der Waals surface area contributed by atoms with Crippen molar-refractivity contribution in [3.63, 3.8) is 0 Å². The van der Waals surface area contributed by atoms with Gasteiger partial charge in [-0.3, -0.25) is 9.59 Å². The molecule has 36 heavy (non-hydrogen) atoms. The third kappa shape index (κ3) is 5.74. The summed E-state index contributed by atoms with van der Waals surface area (Å²) in [6, 6.07) is 14.4. The van der Waals surface area contributed by atoms with Gasteiger partial charge in [-0.25, -0.2) is 17.2 Å². The van der Waals surface area contributed by atoms with E-state index < -0.39 is 44.7 Å². The lowest BCUT2D eigenvalue weighted by molar-refractivity contribution is -0.138. The minimum absolute atomic E-state index is 0.0267. The van der Waals surface area contributed by atoms with Crippen molar-refractivity contribution < 1.29 is 31.5 Å². The molecule has 1 amide bonds. The standard InChI is InChI=1S/C25H20F2N2O5S2/c1-34-24(30)13-28-16-7-5-15(6-8-16)11-23-25(31)29-21-12-17(9-10-22(21)35-23)36(32,33)14-18-19(26)3-2-4-20(18)27/h2-12,28H,13-14H2,1H3,(H,29,31)/b23-11-. The first-order valence-electron chi connectivity index (χ1n) is 10.6. The highest BCUT2D eigenvalue weighted by Gasteiger charge is 2.25. The molecule has 0 saturated carbocycles. The average molecular weight is 531 g/mol. The van der Waals surface area contributed by atoms with Gasteiger partial charge < -0.3 is 15.4 Å². The second-order valence-electron chi connectivity index (χ2n) is 7.73. The second kappa shape index (κ2) is 10.5. The number of benzene rings is 3. The molecule has 0 radical (unpaired) electrons. The van der Waals surface area contributed by atoms with Gasteiger partial charge in [-0.2, -0.15) is 0 Å². The lowest BCUT2D eigenvalue weighted by atomic mass is 10.2. The monoisotopic (exact) mass is 530 g/mol. The number of methoxy groups -OCH3 is 1. The Morgan fingerprint density at radius 2 is 1.78 bits per heavy atom. The predicted octanol–water partition coefficient (Wildman–Crippen LogP) is 4.61. The van der Waals surface area contributed by atoms with Gasteiger partial charge in [0.25, 0.3) is 5.91 Å². The van der Waals surface area contributed by atoms with E-state index in [-0.39, 0.29) is 11.4 Å². The molecule has 3 aromatic carbocycles. The maximum atomic E-state index is 14.0. The van der Waals surface area contributed by atoms with Crippen LogP contribution >= 0.6 is 11.8 Å². The number of rotatable bonds is 7. The van der Waals surface area contributed by atoms with Crippen molar-refractivity contribution in [1.29, 1.82) is 0 Å². The van der Waals surface area contributed by atoms with Crippen LogP contribution in [0.25, 0.3) is 6.08 Å². The first-order valence-corrected chi connectivity index (χ1v) is 13.0. The van der Waals surface area contributed by atoms with E-state index in [4.69, 9.17) is 0 Å². The number of hydrogen-bond acceptors (Lipinski definition) is 7. The van der Waals surface area contributed by atoms with Crippen LogP contribution in [0.3, 0.4) is 0 Å². The van der Waals surface area contributed by atoms with Gasteiger partial charge in [-0.05, 0) is 54.1 Å². The fourth-order valence-corrected chi connectivity index (χ4v) is 5.70. The number of hydrogen-bond donors (Lipinski definition) is 2. The van der Waals surface area contributed by atoms with Gasteiger partial charge in [0.15, 0.2) is 9.84 Å². The highest BCUT2D eigenvalue weighted by Crippen LogP contribution is 2.40. The molecule has 0 aromatic heterocycles. The van der Waals surface area contributed by atoms with E-state index in [1.807, 2.05) is 0 Å². The van der Waals surface area contributed by atoms with Gasteiger partial charge in [0, 0.05) is 16.1 Å². The summed E-state index contributed by atoms with van der Waals surface area (Å²) in [5.74, 6) is -3.55. The Morgan fingerprint density at radius 3 is 2.44 bits per heavy atom. The lowest BCUT2D eigenvalue weighted by Gasteiger charge is -2.19. The number of fused-ring (bicyclic) bond motifs is 1. The summed E-state index contributed by atoms with van der Waals surface area (Å²) in [5, 5.41) is 5.59. The minimum atomic E-state index is -4.08. The van der Waals surface area contributed by atoms with E-state index in [1.165, 1.54) is 37.1 Å². The van der Waals surface area contributed by atoms with Crippen LogP contribution < -0.4 is 10.6 Å². The molecule has 7 nitrogen and oxygen atoms in total. The first kappa shape index (κ1) is 25.4. The van der Waals surface area contributed by atoms with E-state index in [9.17, 15) is 26.8 Å². The van der Waals surface area contributed by atoms with Crippen molar-refractivity contribution in [3.8, 4) is 0 Å². The summed E-state index contributed by atoms with van der Waals surface area (Å²) in [4.78, 5) is 24.7. The molecule has 0 saturated heterocycles. The molecular weight excluding hydrogens is 510 g/mol. The van der Waals surface area contributed by atoms with Gasteiger partial charge >= 0.3 is 5.97 Å². The predicted molar refractivity (Wildman–Crippen MR) is 133 cm³/mol. The molecule has 0 fully saturated rings. The first-order chi connectivity index (χ1) is 17.2. The number of thioether (sulfide) groups is 1. The molecule has 0 bridgehead atoms. The van der Waals surface area contributed by atoms with Crippen LogP contribution in [0.1, 0.15) is 11.1 Å². The SMILES string of the molecule is COC(=O)CNc1ccc(/C=C2\Sc3ccc(S(=O)(=O)Cc4c(F)cccc4F)cc3NC2=O)cc1. The fourth-order valence-electron chi connectivity index (χ4n) is 3.37. The Morgan fingerprint density at radius 1 is 1.08 bits per heavy atom. The quantitative estimate of drug-likeness (QED) is 0.340. The second-order valence-corrected chi connectivity index (χ2v) is 10.8. The highest BCUT2D eigenvalue weighted by atomic mass is 32.2. The largest absolute Gasteiger partial charge is 0.468 e. The van der Waals surface area contributed by atoms with Gasteiger partial charge in [-0.1, -0.05) is 30.0 Å². The number of amides is 1.